The van der Waals surface area contributed by atoms with Gasteiger partial charge < -0.3 is 4.42 Å². The number of fused-ring (bicyclic) bond motifs is 1. The maximum absolute atomic E-state index is 6.67. The Balaban J connectivity index is 1.95. The minimum Gasteiger partial charge on any atom is -0.459 e. The van der Waals surface area contributed by atoms with E-state index in [4.69, 9.17) is 16.0 Å². The molecule has 0 radical (unpaired) electrons. The monoisotopic (exact) mass is 262 g/mol. The van der Waals surface area contributed by atoms with Crippen LogP contribution in [0.2, 0.25) is 0 Å². The van der Waals surface area contributed by atoms with Gasteiger partial charge in [-0.2, -0.15) is 0 Å². The van der Waals surface area contributed by atoms with Gasteiger partial charge in [-0.1, -0.05) is 37.5 Å². The second kappa shape index (κ2) is 4.97. The average molecular weight is 263 g/mol. The summed E-state index contributed by atoms with van der Waals surface area (Å²) >= 11 is 6.67. The van der Waals surface area contributed by atoms with Gasteiger partial charge in [0, 0.05) is 5.39 Å². The van der Waals surface area contributed by atoms with E-state index < -0.39 is 0 Å². The molecule has 0 saturated heterocycles. The minimum atomic E-state index is 0.0395. The molecule has 1 saturated carbocycles. The highest BCUT2D eigenvalue weighted by molar-refractivity contribution is 6.21. The molecule has 96 valence electrons. The van der Waals surface area contributed by atoms with Gasteiger partial charge in [-0.3, -0.25) is 0 Å². The van der Waals surface area contributed by atoms with Crippen molar-refractivity contribution < 1.29 is 4.42 Å². The molecule has 1 unspecified atom stereocenters. The SMILES string of the molecule is Cc1c(C(Cl)C2CCCCC2)oc2ccccc12. The van der Waals surface area contributed by atoms with Crippen LogP contribution in [0.5, 0.6) is 0 Å². The number of alkyl halides is 1. The number of aryl methyl sites for hydroxylation is 1. The molecule has 1 heterocycles. The van der Waals surface area contributed by atoms with Gasteiger partial charge in [0.05, 0.1) is 5.38 Å². The largest absolute Gasteiger partial charge is 0.459 e. The molecule has 2 aromatic rings. The second-order valence-electron chi connectivity index (χ2n) is 5.39. The lowest BCUT2D eigenvalue weighted by molar-refractivity contribution is 0.327. The Labute approximate surface area is 113 Å². The van der Waals surface area contributed by atoms with E-state index in [1.807, 2.05) is 12.1 Å². The lowest BCUT2D eigenvalue weighted by Crippen LogP contribution is -2.12. The Bertz CT molecular complexity index is 537. The molecule has 1 atom stereocenters. The van der Waals surface area contributed by atoms with E-state index in [0.29, 0.717) is 5.92 Å². The number of halogens is 1. The van der Waals surface area contributed by atoms with E-state index >= 15 is 0 Å². The van der Waals surface area contributed by atoms with Crippen molar-refractivity contribution in [3.63, 3.8) is 0 Å². The predicted octanol–water partition coefficient (Wildman–Crippen LogP) is 5.60. The summed E-state index contributed by atoms with van der Waals surface area (Å²) in [5.74, 6) is 1.57. The summed E-state index contributed by atoms with van der Waals surface area (Å²) in [7, 11) is 0. The van der Waals surface area contributed by atoms with Crippen LogP contribution in [-0.4, -0.2) is 0 Å². The van der Waals surface area contributed by atoms with Gasteiger partial charge in [0.2, 0.25) is 0 Å². The zero-order chi connectivity index (χ0) is 12.5. The number of rotatable bonds is 2. The van der Waals surface area contributed by atoms with E-state index in [-0.39, 0.29) is 5.38 Å². The van der Waals surface area contributed by atoms with Crippen molar-refractivity contribution in [1.29, 1.82) is 0 Å². The lowest BCUT2D eigenvalue weighted by Gasteiger charge is -2.25. The highest BCUT2D eigenvalue weighted by atomic mass is 35.5. The Kier molecular flexibility index (Phi) is 3.34. The van der Waals surface area contributed by atoms with E-state index in [2.05, 4.69) is 19.1 Å². The fraction of sp³-hybridized carbons (Fsp3) is 0.500. The van der Waals surface area contributed by atoms with Gasteiger partial charge >= 0.3 is 0 Å². The van der Waals surface area contributed by atoms with Gasteiger partial charge in [0.25, 0.3) is 0 Å². The summed E-state index contributed by atoms with van der Waals surface area (Å²) in [5.41, 5.74) is 2.18. The number of para-hydroxylation sites is 1. The Morgan fingerprint density at radius 2 is 1.89 bits per heavy atom. The summed E-state index contributed by atoms with van der Waals surface area (Å²) in [4.78, 5) is 0. The molecular formula is C16H19ClO. The maximum Gasteiger partial charge on any atom is 0.134 e. The third kappa shape index (κ3) is 2.05. The molecule has 2 heteroatoms. The molecule has 18 heavy (non-hydrogen) atoms. The first-order chi connectivity index (χ1) is 8.77. The van der Waals surface area contributed by atoms with Crippen LogP contribution in [0.3, 0.4) is 0 Å². The molecule has 1 aliphatic carbocycles. The van der Waals surface area contributed by atoms with Crippen LogP contribution in [-0.2, 0) is 0 Å². The fourth-order valence-corrected chi connectivity index (χ4v) is 3.56. The first kappa shape index (κ1) is 12.1. The maximum atomic E-state index is 6.67. The molecule has 0 N–H and O–H groups in total. The predicted molar refractivity (Wildman–Crippen MR) is 76.1 cm³/mol. The van der Waals surface area contributed by atoms with Crippen molar-refractivity contribution in [1.82, 2.24) is 0 Å². The summed E-state index contributed by atoms with van der Waals surface area (Å²) in [6.07, 6.45) is 6.47. The lowest BCUT2D eigenvalue weighted by atomic mass is 9.85. The van der Waals surface area contributed by atoms with Crippen molar-refractivity contribution in [2.75, 3.05) is 0 Å². The van der Waals surface area contributed by atoms with Crippen molar-refractivity contribution in [2.45, 2.75) is 44.4 Å². The number of hydrogen-bond donors (Lipinski definition) is 0. The highest BCUT2D eigenvalue weighted by Gasteiger charge is 2.27. The smallest absolute Gasteiger partial charge is 0.134 e. The van der Waals surface area contributed by atoms with Gasteiger partial charge in [-0.25, -0.2) is 0 Å². The molecule has 0 spiro atoms. The van der Waals surface area contributed by atoms with Crippen LogP contribution < -0.4 is 0 Å². The molecule has 1 nitrogen and oxygen atoms in total. The van der Waals surface area contributed by atoms with Crippen molar-refractivity contribution in [3.05, 3.63) is 35.6 Å². The van der Waals surface area contributed by atoms with Gasteiger partial charge in [0.1, 0.15) is 11.3 Å². The van der Waals surface area contributed by atoms with E-state index in [1.165, 1.54) is 43.1 Å². The summed E-state index contributed by atoms with van der Waals surface area (Å²) < 4.78 is 5.98. The van der Waals surface area contributed by atoms with Crippen LogP contribution in [0.25, 0.3) is 11.0 Å². The molecular weight excluding hydrogens is 244 g/mol. The van der Waals surface area contributed by atoms with E-state index in [0.717, 1.165) is 11.3 Å². The molecule has 0 amide bonds. The van der Waals surface area contributed by atoms with Gasteiger partial charge in [-0.15, -0.1) is 11.6 Å². The Hall–Kier alpha value is -0.950. The molecule has 3 rings (SSSR count). The van der Waals surface area contributed by atoms with Crippen molar-refractivity contribution >= 4 is 22.6 Å². The number of furan rings is 1. The molecule has 1 aliphatic rings. The van der Waals surface area contributed by atoms with Crippen molar-refractivity contribution in [2.24, 2.45) is 5.92 Å². The van der Waals surface area contributed by atoms with Crippen LogP contribution in [0.1, 0.15) is 48.8 Å². The zero-order valence-electron chi connectivity index (χ0n) is 10.8. The molecule has 0 bridgehead atoms. The molecule has 1 fully saturated rings. The topological polar surface area (TPSA) is 13.1 Å². The zero-order valence-corrected chi connectivity index (χ0v) is 11.5. The first-order valence-electron chi connectivity index (χ1n) is 6.89. The summed E-state index contributed by atoms with van der Waals surface area (Å²) in [5, 5.41) is 1.24. The standard InChI is InChI=1S/C16H19ClO/c1-11-13-9-5-6-10-14(13)18-16(11)15(17)12-7-3-2-4-8-12/h5-6,9-10,12,15H,2-4,7-8H2,1H3. The number of hydrogen-bond acceptors (Lipinski definition) is 1. The van der Waals surface area contributed by atoms with Crippen molar-refractivity contribution in [3.8, 4) is 0 Å². The summed E-state index contributed by atoms with van der Waals surface area (Å²) in [6.45, 7) is 2.12. The van der Waals surface area contributed by atoms with Gasteiger partial charge in [0.15, 0.2) is 0 Å². The second-order valence-corrected chi connectivity index (χ2v) is 5.86. The first-order valence-corrected chi connectivity index (χ1v) is 7.33. The van der Waals surface area contributed by atoms with Gasteiger partial charge in [-0.05, 0) is 37.3 Å². The van der Waals surface area contributed by atoms with Crippen LogP contribution in [0.15, 0.2) is 28.7 Å². The third-order valence-corrected chi connectivity index (χ3v) is 4.75. The Morgan fingerprint density at radius 1 is 1.17 bits per heavy atom. The Morgan fingerprint density at radius 3 is 2.61 bits per heavy atom. The minimum absolute atomic E-state index is 0.0395. The molecule has 0 aliphatic heterocycles. The van der Waals surface area contributed by atoms with E-state index in [1.54, 1.807) is 0 Å². The van der Waals surface area contributed by atoms with Crippen LogP contribution in [0, 0.1) is 12.8 Å². The molecule has 1 aromatic heterocycles. The highest BCUT2D eigenvalue weighted by Crippen LogP contribution is 2.42. The normalized spacial score (nSPS) is 19.2. The summed E-state index contributed by atoms with van der Waals surface area (Å²) in [6, 6.07) is 8.20. The van der Waals surface area contributed by atoms with Crippen LogP contribution >= 0.6 is 11.6 Å². The average Bonchev–Trinajstić information content (AvgIpc) is 2.77. The van der Waals surface area contributed by atoms with E-state index in [9.17, 15) is 0 Å². The quantitative estimate of drug-likeness (QED) is 0.642. The molecule has 1 aromatic carbocycles. The fourth-order valence-electron chi connectivity index (χ4n) is 3.10. The van der Waals surface area contributed by atoms with Crippen LogP contribution in [0.4, 0.5) is 0 Å². The third-order valence-electron chi connectivity index (χ3n) is 4.19. The number of benzene rings is 1.